The molecule has 0 saturated carbocycles. The van der Waals surface area contributed by atoms with E-state index in [1.807, 2.05) is 0 Å². The number of aliphatic hydroxyl groups is 1. The summed E-state index contributed by atoms with van der Waals surface area (Å²) in [5, 5.41) is 9.69. The normalized spacial score (nSPS) is 23.8. The second-order valence-electron chi connectivity index (χ2n) is 4.07. The van der Waals surface area contributed by atoms with E-state index in [0.29, 0.717) is 9.13 Å². The van der Waals surface area contributed by atoms with Gasteiger partial charge in [0.1, 0.15) is 0 Å². The molecule has 1 N–H and O–H groups in total. The van der Waals surface area contributed by atoms with Crippen LogP contribution < -0.4 is 11.2 Å². The highest BCUT2D eigenvalue weighted by Crippen LogP contribution is 2.04. The van der Waals surface area contributed by atoms with E-state index < -0.39 is 68.7 Å². The summed E-state index contributed by atoms with van der Waals surface area (Å²) >= 11 is 0. The van der Waals surface area contributed by atoms with Crippen molar-refractivity contribution in [2.45, 2.75) is 38.7 Å². The third-order valence-electron chi connectivity index (χ3n) is 2.73. The fraction of sp³-hybridized carbons (Fsp3) is 0.615. The Labute approximate surface area is 131 Å². The molecule has 2 aromatic rings. The molecule has 7 heteroatoms. The monoisotopic (exact) mass is 291 g/mol. The Balaban J connectivity index is 2.56. The molecule has 0 aliphatic carbocycles. The number of imidazole rings is 1. The predicted molar refractivity (Wildman–Crippen MR) is 75.7 cm³/mol. The van der Waals surface area contributed by atoms with Crippen molar-refractivity contribution in [1.82, 2.24) is 18.7 Å². The lowest BCUT2D eigenvalue weighted by molar-refractivity contribution is 0.180. The summed E-state index contributed by atoms with van der Waals surface area (Å²) in [4.78, 5) is 29.1. The van der Waals surface area contributed by atoms with Crippen molar-refractivity contribution in [3.05, 3.63) is 27.2 Å². The smallest absolute Gasteiger partial charge is 0.332 e. The molecule has 2 rings (SSSR count). The third kappa shape index (κ3) is 2.53. The highest BCUT2D eigenvalue weighted by atomic mass is 16.3. The van der Waals surface area contributed by atoms with Crippen molar-refractivity contribution in [3.63, 3.8) is 0 Å². The van der Waals surface area contributed by atoms with Gasteiger partial charge in [-0.25, -0.2) is 9.78 Å². The number of aromatic nitrogens is 4. The Morgan fingerprint density at radius 1 is 1.45 bits per heavy atom. The number of rotatable bonds is 5. The molecule has 7 nitrogen and oxygen atoms in total. The van der Waals surface area contributed by atoms with Crippen LogP contribution in [0.15, 0.2) is 15.9 Å². The van der Waals surface area contributed by atoms with Crippen molar-refractivity contribution in [3.8, 4) is 0 Å². The Kier molecular flexibility index (Phi) is 1.64. The lowest BCUT2D eigenvalue weighted by Crippen LogP contribution is -2.39. The van der Waals surface area contributed by atoms with E-state index in [9.17, 15) is 14.7 Å². The summed E-state index contributed by atoms with van der Waals surface area (Å²) in [7, 11) is 0. The number of aliphatic hydroxyl groups excluding tert-OH is 1. The van der Waals surface area contributed by atoms with Crippen molar-refractivity contribution in [2.24, 2.45) is 14.0 Å². The minimum absolute atomic E-state index is 0.192. The highest BCUT2D eigenvalue weighted by Gasteiger charge is 2.14. The largest absolute Gasteiger partial charge is 0.393 e. The van der Waals surface area contributed by atoms with Crippen molar-refractivity contribution in [2.75, 3.05) is 0 Å². The van der Waals surface area contributed by atoms with Crippen LogP contribution in [0.25, 0.3) is 11.2 Å². The zero-order valence-electron chi connectivity index (χ0n) is 21.3. The van der Waals surface area contributed by atoms with E-state index in [1.54, 1.807) is 0 Å². The molecule has 20 heavy (non-hydrogen) atoms. The Bertz CT molecular complexity index is 1070. The molecule has 0 saturated heterocycles. The van der Waals surface area contributed by atoms with Crippen LogP contribution in [0.1, 0.15) is 41.1 Å². The van der Waals surface area contributed by atoms with Gasteiger partial charge in [0.2, 0.25) is 0 Å². The molecule has 0 radical (unpaired) electrons. The predicted octanol–water partition coefficient (Wildman–Crippen LogP) is -0.0152. The van der Waals surface area contributed by atoms with Gasteiger partial charge in [-0.15, -0.1) is 0 Å². The maximum atomic E-state index is 12.8. The molecule has 0 unspecified atom stereocenters. The van der Waals surface area contributed by atoms with Crippen LogP contribution in [0.4, 0.5) is 0 Å². The summed E-state index contributed by atoms with van der Waals surface area (Å²) in [6.07, 6.45) is -5.11. The van der Waals surface area contributed by atoms with Crippen LogP contribution in [-0.4, -0.2) is 29.9 Å². The van der Waals surface area contributed by atoms with Crippen LogP contribution >= 0.6 is 0 Å². The van der Waals surface area contributed by atoms with Crippen molar-refractivity contribution >= 4 is 11.2 Å². The maximum Gasteiger partial charge on any atom is 0.332 e. The van der Waals surface area contributed by atoms with Gasteiger partial charge in [-0.2, -0.15) is 0 Å². The number of fused-ring (bicyclic) bond motifs is 1. The van der Waals surface area contributed by atoms with Crippen LogP contribution in [0.5, 0.6) is 0 Å². The van der Waals surface area contributed by atoms with Gasteiger partial charge in [0.25, 0.3) is 5.56 Å². The first-order chi connectivity index (χ1) is 13.8. The van der Waals surface area contributed by atoms with Crippen LogP contribution in [0, 0.1) is 0 Å². The second kappa shape index (κ2) is 5.62. The molecule has 0 bridgehead atoms. The van der Waals surface area contributed by atoms with Crippen molar-refractivity contribution < 1.29 is 20.2 Å². The van der Waals surface area contributed by atoms with E-state index >= 15 is 0 Å². The summed E-state index contributed by atoms with van der Waals surface area (Å²) in [5.74, 6) is 0. The summed E-state index contributed by atoms with van der Waals surface area (Å²) in [6, 6.07) is 0. The Hall–Kier alpha value is -1.89. The standard InChI is InChI=1S/C13H20N4O3/c1-9(18)6-4-5-7-17-12(19)10-11(14-8-15(10)2)16(3)13(17)20/h8-9,18H,4-7H2,1-3H3/t9-/m0/s1/i1D3,2D3,3D3,6D2. The number of hydrogen-bond acceptors (Lipinski definition) is 4. The maximum absolute atomic E-state index is 12.8. The van der Waals surface area contributed by atoms with Gasteiger partial charge < -0.3 is 9.67 Å². The highest BCUT2D eigenvalue weighted by molar-refractivity contribution is 5.69. The average Bonchev–Trinajstić information content (AvgIpc) is 2.99. The first kappa shape index (κ1) is 5.85. The average molecular weight is 291 g/mol. The molecule has 0 aromatic carbocycles. The molecule has 0 spiro atoms. The lowest BCUT2D eigenvalue weighted by atomic mass is 10.2. The topological polar surface area (TPSA) is 82.1 Å². The molecule has 2 aromatic heterocycles. The molecule has 0 aliphatic heterocycles. The zero-order chi connectivity index (χ0) is 24.2. The lowest BCUT2D eigenvalue weighted by Gasteiger charge is -2.09. The molecule has 0 amide bonds. The first-order valence-electron chi connectivity index (χ1n) is 11.2. The first-order valence-corrected chi connectivity index (χ1v) is 5.72. The van der Waals surface area contributed by atoms with Gasteiger partial charge >= 0.3 is 5.69 Å². The van der Waals surface area contributed by atoms with Crippen LogP contribution in [0.3, 0.4) is 0 Å². The molecule has 0 aliphatic rings. The van der Waals surface area contributed by atoms with Crippen LogP contribution in [-0.2, 0) is 20.5 Å². The number of nitrogens with zero attached hydrogens (tertiary/aromatic N) is 4. The van der Waals surface area contributed by atoms with Gasteiger partial charge in [0, 0.05) is 35.6 Å². The molecule has 0 fully saturated rings. The fourth-order valence-electron chi connectivity index (χ4n) is 1.80. The van der Waals surface area contributed by atoms with Gasteiger partial charge in [-0.1, -0.05) is 0 Å². The van der Waals surface area contributed by atoms with E-state index in [1.165, 1.54) is 0 Å². The van der Waals surface area contributed by atoms with Crippen LogP contribution in [0.2, 0.25) is 0 Å². The minimum atomic E-state index is -3.11. The zero-order valence-corrected chi connectivity index (χ0v) is 10.3. The number of hydrogen-bond donors (Lipinski definition) is 1. The molecule has 110 valence electrons. The second-order valence-corrected chi connectivity index (χ2v) is 4.07. The molecule has 1 atom stereocenters. The van der Waals surface area contributed by atoms with E-state index in [2.05, 4.69) is 4.98 Å². The van der Waals surface area contributed by atoms with Gasteiger partial charge in [0.05, 0.1) is 12.4 Å². The summed E-state index contributed by atoms with van der Waals surface area (Å²) in [6.45, 7) is -9.56. The summed E-state index contributed by atoms with van der Waals surface area (Å²) in [5.41, 5.74) is -3.76. The fourth-order valence-corrected chi connectivity index (χ4v) is 1.80. The van der Waals surface area contributed by atoms with E-state index in [4.69, 9.17) is 15.1 Å². The van der Waals surface area contributed by atoms with E-state index in [-0.39, 0.29) is 11.0 Å². The third-order valence-corrected chi connectivity index (χ3v) is 2.73. The molecular weight excluding hydrogens is 260 g/mol. The van der Waals surface area contributed by atoms with Gasteiger partial charge in [-0.05, 0) is 26.1 Å². The SMILES string of the molecule is [2H]C([2H])([2H])[C@H](O)C([2H])([2H])CCCn1c(=O)c2c(ncn2C([2H])([2H])[2H])n(C([2H])([2H])[2H])c1=O. The Morgan fingerprint density at radius 2 is 2.30 bits per heavy atom. The quantitative estimate of drug-likeness (QED) is 0.839. The van der Waals surface area contributed by atoms with E-state index in [0.717, 1.165) is 6.33 Å². The molecular formula is C13H20N4O3. The van der Waals surface area contributed by atoms with Crippen molar-refractivity contribution in [1.29, 1.82) is 0 Å². The summed E-state index contributed by atoms with van der Waals surface area (Å²) < 4.78 is 83.1. The molecule has 2 heterocycles. The van der Waals surface area contributed by atoms with Gasteiger partial charge in [0.15, 0.2) is 11.2 Å². The van der Waals surface area contributed by atoms with Gasteiger partial charge in [-0.3, -0.25) is 13.9 Å². The Morgan fingerprint density at radius 3 is 3.00 bits per heavy atom. The minimum Gasteiger partial charge on any atom is -0.393 e. The number of aryl methyl sites for hydroxylation is 2.